The van der Waals surface area contributed by atoms with Crippen LogP contribution in [0.25, 0.3) is 0 Å². The van der Waals surface area contributed by atoms with E-state index >= 15 is 0 Å². The fraction of sp³-hybridized carbons (Fsp3) is 0.714. The number of hydrogen-bond donors (Lipinski definition) is 1. The fourth-order valence-corrected chi connectivity index (χ4v) is 4.30. The van der Waals surface area contributed by atoms with E-state index in [0.29, 0.717) is 23.5 Å². The van der Waals surface area contributed by atoms with Crippen molar-refractivity contribution in [3.05, 3.63) is 16.1 Å². The van der Waals surface area contributed by atoms with E-state index in [2.05, 4.69) is 4.98 Å². The predicted octanol–water partition coefficient (Wildman–Crippen LogP) is 2.80. The Balaban J connectivity index is 1.76. The van der Waals surface area contributed by atoms with Crippen LogP contribution < -0.4 is 5.73 Å². The molecule has 3 rings (SSSR count). The minimum atomic E-state index is -4.18. The van der Waals surface area contributed by atoms with Crippen LogP contribution >= 0.6 is 11.3 Å². The van der Waals surface area contributed by atoms with Crippen LogP contribution in [0.3, 0.4) is 0 Å². The highest BCUT2D eigenvalue weighted by Crippen LogP contribution is 2.56. The smallest absolute Gasteiger partial charge is 0.337 e. The Hall–Kier alpha value is -1.15. The maximum absolute atomic E-state index is 13.2. The van der Waals surface area contributed by atoms with E-state index in [1.165, 1.54) is 16.2 Å². The molecule has 2 aliphatic rings. The minimum absolute atomic E-state index is 0.0108. The molecule has 2 heterocycles. The van der Waals surface area contributed by atoms with Crippen molar-refractivity contribution in [2.75, 3.05) is 13.1 Å². The fourth-order valence-electron chi connectivity index (χ4n) is 3.65. The second kappa shape index (κ2) is 5.49. The lowest BCUT2D eigenvalue weighted by Gasteiger charge is -2.54. The minimum Gasteiger partial charge on any atom is -0.337 e. The predicted molar refractivity (Wildman–Crippen MR) is 76.4 cm³/mol. The monoisotopic (exact) mass is 333 g/mol. The lowest BCUT2D eigenvalue weighted by Crippen LogP contribution is -2.57. The normalized spacial score (nSPS) is 24.4. The first-order valence-corrected chi connectivity index (χ1v) is 8.24. The largest absolute Gasteiger partial charge is 0.392 e. The molecular weight excluding hydrogens is 315 g/mol. The summed E-state index contributed by atoms with van der Waals surface area (Å²) in [6.07, 6.45) is -2.28. The Kier molecular flexibility index (Phi) is 3.92. The summed E-state index contributed by atoms with van der Waals surface area (Å²) in [7, 11) is 0. The van der Waals surface area contributed by atoms with E-state index in [1.807, 2.05) is 0 Å². The Morgan fingerprint density at radius 3 is 2.73 bits per heavy atom. The van der Waals surface area contributed by atoms with Gasteiger partial charge in [0.15, 0.2) is 0 Å². The molecule has 1 amide bonds. The van der Waals surface area contributed by atoms with E-state index in [4.69, 9.17) is 5.73 Å². The van der Waals surface area contributed by atoms with Gasteiger partial charge in [0.1, 0.15) is 10.7 Å². The average molecular weight is 333 g/mol. The molecule has 1 spiro atoms. The standard InChI is InChI=1S/C14H18F3N3OS/c15-14(16,17)10-2-5-20(8-13(10)3-1-4-13)12(21)9-7-22-11(6-18)19-9/h7,10H,1-6,8,18H2. The Bertz CT molecular complexity index is 568. The zero-order valence-electron chi connectivity index (χ0n) is 12.0. The van der Waals surface area contributed by atoms with Gasteiger partial charge in [-0.1, -0.05) is 6.42 Å². The summed E-state index contributed by atoms with van der Waals surface area (Å²) < 4.78 is 39.7. The third-order valence-electron chi connectivity index (χ3n) is 4.91. The summed E-state index contributed by atoms with van der Waals surface area (Å²) in [6.45, 7) is 0.587. The number of nitrogens with zero attached hydrogens (tertiary/aromatic N) is 2. The molecule has 1 saturated carbocycles. The summed E-state index contributed by atoms with van der Waals surface area (Å²) >= 11 is 1.30. The van der Waals surface area contributed by atoms with Crippen molar-refractivity contribution in [1.29, 1.82) is 0 Å². The molecule has 1 saturated heterocycles. The number of piperidine rings is 1. The molecule has 1 aromatic rings. The van der Waals surface area contributed by atoms with Crippen LogP contribution in [-0.4, -0.2) is 35.1 Å². The third kappa shape index (κ3) is 2.62. The first-order valence-electron chi connectivity index (χ1n) is 7.36. The average Bonchev–Trinajstić information content (AvgIpc) is 2.92. The number of amides is 1. The quantitative estimate of drug-likeness (QED) is 0.905. The first kappa shape index (κ1) is 15.7. The molecule has 1 aromatic heterocycles. The van der Waals surface area contributed by atoms with Crippen molar-refractivity contribution >= 4 is 17.2 Å². The van der Waals surface area contributed by atoms with Crippen LogP contribution in [0, 0.1) is 11.3 Å². The van der Waals surface area contributed by atoms with Crippen molar-refractivity contribution in [2.24, 2.45) is 17.1 Å². The third-order valence-corrected chi connectivity index (χ3v) is 5.78. The number of hydrogen-bond acceptors (Lipinski definition) is 4. The first-order chi connectivity index (χ1) is 10.4. The van der Waals surface area contributed by atoms with E-state index in [9.17, 15) is 18.0 Å². The molecule has 4 nitrogen and oxygen atoms in total. The van der Waals surface area contributed by atoms with Crippen molar-refractivity contribution in [3.8, 4) is 0 Å². The molecule has 2 N–H and O–H groups in total. The second-order valence-electron chi connectivity index (χ2n) is 6.16. The number of thiazole rings is 1. The zero-order valence-corrected chi connectivity index (χ0v) is 12.8. The van der Waals surface area contributed by atoms with Gasteiger partial charge in [-0.15, -0.1) is 11.3 Å². The summed E-state index contributed by atoms with van der Waals surface area (Å²) in [4.78, 5) is 18.1. The maximum Gasteiger partial charge on any atom is 0.392 e. The molecular formula is C14H18F3N3OS. The highest BCUT2D eigenvalue weighted by atomic mass is 32.1. The number of alkyl halides is 3. The second-order valence-corrected chi connectivity index (χ2v) is 7.10. The number of halogens is 3. The summed E-state index contributed by atoms with van der Waals surface area (Å²) in [6, 6.07) is 0. The van der Waals surface area contributed by atoms with Crippen LogP contribution in [0.1, 0.15) is 41.2 Å². The molecule has 1 atom stereocenters. The van der Waals surface area contributed by atoms with Crippen molar-refractivity contribution in [2.45, 2.75) is 38.4 Å². The lowest BCUT2D eigenvalue weighted by atomic mass is 9.58. The summed E-state index contributed by atoms with van der Waals surface area (Å²) in [5.41, 5.74) is 5.00. The number of likely N-dealkylation sites (tertiary alicyclic amines) is 1. The van der Waals surface area contributed by atoms with Gasteiger partial charge in [-0.25, -0.2) is 4.98 Å². The van der Waals surface area contributed by atoms with E-state index in [0.717, 1.165) is 6.42 Å². The molecule has 0 bridgehead atoms. The van der Waals surface area contributed by atoms with Crippen LogP contribution in [-0.2, 0) is 6.54 Å². The Morgan fingerprint density at radius 2 is 2.23 bits per heavy atom. The highest BCUT2D eigenvalue weighted by Gasteiger charge is 2.58. The maximum atomic E-state index is 13.2. The van der Waals surface area contributed by atoms with Gasteiger partial charge in [-0.05, 0) is 24.7 Å². The van der Waals surface area contributed by atoms with Gasteiger partial charge in [0, 0.05) is 25.0 Å². The van der Waals surface area contributed by atoms with E-state index in [-0.39, 0.29) is 32.0 Å². The van der Waals surface area contributed by atoms with Gasteiger partial charge in [0.05, 0.1) is 5.92 Å². The molecule has 0 radical (unpaired) electrons. The van der Waals surface area contributed by atoms with Crippen LogP contribution in [0.2, 0.25) is 0 Å². The number of carbonyl (C=O) groups is 1. The molecule has 122 valence electrons. The molecule has 0 aromatic carbocycles. The topological polar surface area (TPSA) is 59.2 Å². The highest BCUT2D eigenvalue weighted by molar-refractivity contribution is 7.09. The SMILES string of the molecule is NCc1nc(C(=O)N2CCC(C(F)(F)F)C3(CCC3)C2)cs1. The molecule has 22 heavy (non-hydrogen) atoms. The van der Waals surface area contributed by atoms with Crippen LogP contribution in [0.15, 0.2) is 5.38 Å². The number of carbonyl (C=O) groups excluding carboxylic acids is 1. The molecule has 1 aliphatic heterocycles. The van der Waals surface area contributed by atoms with Gasteiger partial charge >= 0.3 is 6.18 Å². The van der Waals surface area contributed by atoms with Gasteiger partial charge in [0.25, 0.3) is 5.91 Å². The Morgan fingerprint density at radius 1 is 1.50 bits per heavy atom. The van der Waals surface area contributed by atoms with E-state index in [1.54, 1.807) is 5.38 Å². The molecule has 8 heteroatoms. The van der Waals surface area contributed by atoms with Gasteiger partial charge in [-0.3, -0.25) is 4.79 Å². The van der Waals surface area contributed by atoms with Crippen LogP contribution in [0.5, 0.6) is 0 Å². The molecule has 1 unspecified atom stereocenters. The van der Waals surface area contributed by atoms with Gasteiger partial charge in [0.2, 0.25) is 0 Å². The summed E-state index contributed by atoms with van der Waals surface area (Å²) in [5, 5.41) is 2.29. The van der Waals surface area contributed by atoms with E-state index < -0.39 is 17.5 Å². The number of aromatic nitrogens is 1. The Labute approximate surface area is 130 Å². The van der Waals surface area contributed by atoms with Crippen molar-refractivity contribution in [1.82, 2.24) is 9.88 Å². The van der Waals surface area contributed by atoms with Gasteiger partial charge in [-0.2, -0.15) is 13.2 Å². The van der Waals surface area contributed by atoms with Crippen molar-refractivity contribution < 1.29 is 18.0 Å². The molecule has 2 fully saturated rings. The summed E-state index contributed by atoms with van der Waals surface area (Å²) in [5.74, 6) is -1.56. The van der Waals surface area contributed by atoms with Gasteiger partial charge < -0.3 is 10.6 Å². The molecule has 1 aliphatic carbocycles. The van der Waals surface area contributed by atoms with Crippen LogP contribution in [0.4, 0.5) is 13.2 Å². The number of nitrogens with two attached hydrogens (primary N) is 1. The number of rotatable bonds is 2. The van der Waals surface area contributed by atoms with Crippen molar-refractivity contribution in [3.63, 3.8) is 0 Å². The zero-order chi connectivity index (χ0) is 16.0. The lowest BCUT2D eigenvalue weighted by molar-refractivity contribution is -0.235.